The minimum Gasteiger partial charge on any atom is -0.0688 e. The van der Waals surface area contributed by atoms with Crippen LogP contribution in [0, 0.1) is 17.3 Å². The van der Waals surface area contributed by atoms with Gasteiger partial charge < -0.3 is 0 Å². The summed E-state index contributed by atoms with van der Waals surface area (Å²) in [5.74, 6) is 1.70. The zero-order chi connectivity index (χ0) is 11.7. The molecule has 0 nitrogen and oxygen atoms in total. The lowest BCUT2D eigenvalue weighted by molar-refractivity contribution is 0.275. The van der Waals surface area contributed by atoms with E-state index in [0.29, 0.717) is 5.41 Å². The van der Waals surface area contributed by atoms with E-state index >= 15 is 0 Å². The lowest BCUT2D eigenvalue weighted by atomic mass is 9.62. The van der Waals surface area contributed by atoms with Gasteiger partial charge in [-0.05, 0) is 36.5 Å². The van der Waals surface area contributed by atoms with E-state index in [4.69, 9.17) is 7.85 Å². The number of hydrogen-bond donors (Lipinski definition) is 0. The van der Waals surface area contributed by atoms with Gasteiger partial charge >= 0.3 is 0 Å². The van der Waals surface area contributed by atoms with Crippen LogP contribution < -0.4 is 0 Å². The van der Waals surface area contributed by atoms with Crippen LogP contribution in [0.25, 0.3) is 0 Å². The van der Waals surface area contributed by atoms with Crippen molar-refractivity contribution in [2.75, 3.05) is 0 Å². The second-order valence-corrected chi connectivity index (χ2v) is 6.86. The van der Waals surface area contributed by atoms with Crippen molar-refractivity contribution in [3.8, 4) is 0 Å². The zero-order valence-corrected chi connectivity index (χ0v) is 11.3. The minimum atomic E-state index is 0.0478. The molecule has 2 radical (unpaired) electrons. The van der Waals surface area contributed by atoms with Crippen LogP contribution in [0.5, 0.6) is 0 Å². The van der Waals surface area contributed by atoms with Crippen LogP contribution in [0.15, 0.2) is 0 Å². The molecular formula is C14H27B. The van der Waals surface area contributed by atoms with E-state index in [9.17, 15) is 0 Å². The molecule has 0 heterocycles. The van der Waals surface area contributed by atoms with Gasteiger partial charge in [-0.3, -0.25) is 0 Å². The summed E-state index contributed by atoms with van der Waals surface area (Å²) in [5.41, 5.74) is 0.580. The molecule has 0 aliphatic heterocycles. The lowest BCUT2D eigenvalue weighted by Gasteiger charge is -2.31. The average molecular weight is 206 g/mol. The molecular weight excluding hydrogens is 179 g/mol. The predicted molar refractivity (Wildman–Crippen MR) is 69.3 cm³/mol. The molecule has 0 aromatic carbocycles. The van der Waals surface area contributed by atoms with Crippen molar-refractivity contribution in [1.82, 2.24) is 0 Å². The van der Waals surface area contributed by atoms with Crippen molar-refractivity contribution in [2.24, 2.45) is 17.3 Å². The Morgan fingerprint density at radius 2 is 2.07 bits per heavy atom. The van der Waals surface area contributed by atoms with Gasteiger partial charge in [-0.15, -0.1) is 0 Å². The SMILES string of the molecule is [B]C(C)(CC)CC(C)C1CCC(C)(C)C1. The third kappa shape index (κ3) is 3.85. The maximum absolute atomic E-state index is 6.25. The summed E-state index contributed by atoms with van der Waals surface area (Å²) in [6, 6.07) is 0. The number of rotatable bonds is 4. The smallest absolute Gasteiger partial charge is 0.0688 e. The summed E-state index contributed by atoms with van der Waals surface area (Å²) in [6.07, 6.45) is 6.48. The van der Waals surface area contributed by atoms with Gasteiger partial charge in [0.25, 0.3) is 0 Å². The molecule has 1 fully saturated rings. The Hall–Kier alpha value is 0.0649. The third-order valence-electron chi connectivity index (χ3n) is 4.41. The van der Waals surface area contributed by atoms with Crippen molar-refractivity contribution >= 4 is 7.85 Å². The van der Waals surface area contributed by atoms with Gasteiger partial charge in [0, 0.05) is 0 Å². The summed E-state index contributed by atoms with van der Waals surface area (Å²) in [4.78, 5) is 0. The van der Waals surface area contributed by atoms with Crippen molar-refractivity contribution < 1.29 is 0 Å². The molecule has 0 spiro atoms. The molecule has 1 aliphatic rings. The summed E-state index contributed by atoms with van der Waals surface area (Å²) in [7, 11) is 6.25. The monoisotopic (exact) mass is 206 g/mol. The van der Waals surface area contributed by atoms with E-state index < -0.39 is 0 Å². The van der Waals surface area contributed by atoms with E-state index in [1.165, 1.54) is 25.7 Å². The first kappa shape index (κ1) is 13.1. The van der Waals surface area contributed by atoms with Gasteiger partial charge in [-0.2, -0.15) is 0 Å². The Balaban J connectivity index is 2.45. The normalized spacial score (nSPS) is 31.1. The summed E-state index contributed by atoms with van der Waals surface area (Å²) in [6.45, 7) is 11.6. The molecule has 3 unspecified atom stereocenters. The van der Waals surface area contributed by atoms with E-state index in [0.717, 1.165) is 18.3 Å². The van der Waals surface area contributed by atoms with E-state index in [-0.39, 0.29) is 5.31 Å². The van der Waals surface area contributed by atoms with Gasteiger partial charge in [-0.25, -0.2) is 0 Å². The Morgan fingerprint density at radius 1 is 1.47 bits per heavy atom. The van der Waals surface area contributed by atoms with E-state index in [1.807, 2.05) is 0 Å². The van der Waals surface area contributed by atoms with Gasteiger partial charge in [0.05, 0.1) is 7.85 Å². The molecule has 1 aliphatic carbocycles. The van der Waals surface area contributed by atoms with Crippen molar-refractivity contribution in [1.29, 1.82) is 0 Å². The van der Waals surface area contributed by atoms with E-state index in [1.54, 1.807) is 0 Å². The summed E-state index contributed by atoms with van der Waals surface area (Å²) >= 11 is 0. The molecule has 86 valence electrons. The maximum Gasteiger partial charge on any atom is 0.0742 e. The van der Waals surface area contributed by atoms with Crippen LogP contribution in [-0.2, 0) is 0 Å². The largest absolute Gasteiger partial charge is 0.0742 e. The standard InChI is InChI=1S/C14H27B/c1-6-14(5,15)9-11(2)12-7-8-13(3,4)10-12/h11-12H,6-10H2,1-5H3. The molecule has 15 heavy (non-hydrogen) atoms. The first-order chi connectivity index (χ1) is 6.76. The molecule has 3 atom stereocenters. The summed E-state index contributed by atoms with van der Waals surface area (Å²) < 4.78 is 0. The Kier molecular flexibility index (Phi) is 3.95. The zero-order valence-electron chi connectivity index (χ0n) is 11.3. The lowest BCUT2D eigenvalue weighted by Crippen LogP contribution is -2.18. The second kappa shape index (κ2) is 4.51. The molecule has 0 saturated heterocycles. The van der Waals surface area contributed by atoms with Crippen LogP contribution in [0.4, 0.5) is 0 Å². The highest BCUT2D eigenvalue weighted by Crippen LogP contribution is 2.47. The minimum absolute atomic E-state index is 0.0478. The van der Waals surface area contributed by atoms with Gasteiger partial charge in [0.1, 0.15) is 0 Å². The quantitative estimate of drug-likeness (QED) is 0.590. The van der Waals surface area contributed by atoms with Crippen molar-refractivity contribution in [3.63, 3.8) is 0 Å². The van der Waals surface area contributed by atoms with Crippen LogP contribution in [-0.4, -0.2) is 7.85 Å². The first-order valence-electron chi connectivity index (χ1n) is 6.55. The molecule has 0 bridgehead atoms. The van der Waals surface area contributed by atoms with Crippen LogP contribution >= 0.6 is 0 Å². The molecule has 0 aromatic rings. The molecule has 0 amide bonds. The Morgan fingerprint density at radius 3 is 2.47 bits per heavy atom. The van der Waals surface area contributed by atoms with Crippen LogP contribution in [0.3, 0.4) is 0 Å². The molecule has 0 N–H and O–H groups in total. The topological polar surface area (TPSA) is 0 Å². The molecule has 1 rings (SSSR count). The van der Waals surface area contributed by atoms with E-state index in [2.05, 4.69) is 34.6 Å². The molecule has 0 aromatic heterocycles. The van der Waals surface area contributed by atoms with Gasteiger partial charge in [0.2, 0.25) is 0 Å². The Bertz CT molecular complexity index is 205. The van der Waals surface area contributed by atoms with Gasteiger partial charge in [-0.1, -0.05) is 52.8 Å². The highest BCUT2D eigenvalue weighted by Gasteiger charge is 2.35. The first-order valence-corrected chi connectivity index (χ1v) is 6.55. The third-order valence-corrected chi connectivity index (χ3v) is 4.41. The average Bonchev–Trinajstić information content (AvgIpc) is 2.45. The Labute approximate surface area is 97.6 Å². The maximum atomic E-state index is 6.25. The van der Waals surface area contributed by atoms with Crippen LogP contribution in [0.2, 0.25) is 5.31 Å². The second-order valence-electron chi connectivity index (χ2n) is 6.86. The predicted octanol–water partition coefficient (Wildman–Crippen LogP) is 4.60. The highest BCUT2D eigenvalue weighted by molar-refractivity contribution is 6.14. The van der Waals surface area contributed by atoms with Crippen LogP contribution in [0.1, 0.15) is 66.7 Å². The molecule has 1 heteroatoms. The fourth-order valence-electron chi connectivity index (χ4n) is 3.02. The van der Waals surface area contributed by atoms with Gasteiger partial charge in [0.15, 0.2) is 0 Å². The molecule has 1 saturated carbocycles. The fraction of sp³-hybridized carbons (Fsp3) is 1.00. The fourth-order valence-corrected chi connectivity index (χ4v) is 3.02. The highest BCUT2D eigenvalue weighted by atomic mass is 14.4. The van der Waals surface area contributed by atoms with Crippen molar-refractivity contribution in [2.45, 2.75) is 72.0 Å². The number of hydrogen-bond acceptors (Lipinski definition) is 0. The summed E-state index contributed by atoms with van der Waals surface area (Å²) in [5, 5.41) is 0.0478. The van der Waals surface area contributed by atoms with Crippen molar-refractivity contribution in [3.05, 3.63) is 0 Å².